The predicted molar refractivity (Wildman–Crippen MR) is 74.8 cm³/mol. The first-order valence-electron chi connectivity index (χ1n) is 5.30. The van der Waals surface area contributed by atoms with Crippen LogP contribution in [0, 0.1) is 12.7 Å². The average Bonchev–Trinajstić information content (AvgIpc) is 2.34. The third-order valence-corrected chi connectivity index (χ3v) is 3.56. The largest absolute Gasteiger partial charge is 0.239 e. The first-order valence-corrected chi connectivity index (χ1v) is 6.81. The van der Waals surface area contributed by atoms with Crippen LogP contribution in [-0.4, -0.2) is 8.42 Å². The molecular weight excluding hydrogens is 289 g/mol. The number of rotatable bonds is 3. The zero-order chi connectivity index (χ0) is 14.0. The molecule has 0 aliphatic carbocycles. The molecule has 0 saturated carbocycles. The zero-order valence-electron chi connectivity index (χ0n) is 9.72. The van der Waals surface area contributed by atoms with Gasteiger partial charge < -0.3 is 0 Å². The molecule has 0 N–H and O–H groups in total. The molecule has 0 aliphatic rings. The highest BCUT2D eigenvalue weighted by molar-refractivity contribution is 7.74. The monoisotopic (exact) mass is 298 g/mol. The molecular formula is C13H10ClFNO2S. The summed E-state index contributed by atoms with van der Waals surface area (Å²) in [6.07, 6.45) is 0. The number of hydrogen-bond donors (Lipinski definition) is 1. The van der Waals surface area contributed by atoms with Gasteiger partial charge in [-0.15, -0.1) is 0 Å². The number of hydrogen-bond acceptors (Lipinski definition) is 2. The van der Waals surface area contributed by atoms with E-state index in [0.29, 0.717) is 5.69 Å². The van der Waals surface area contributed by atoms with Crippen molar-refractivity contribution >= 4 is 33.9 Å². The molecule has 2 aromatic rings. The van der Waals surface area contributed by atoms with E-state index in [1.807, 2.05) is 0 Å². The smallest absolute Gasteiger partial charge is 0.229 e. The van der Waals surface area contributed by atoms with Gasteiger partial charge in [0.25, 0.3) is 0 Å². The third kappa shape index (κ3) is 3.05. The van der Waals surface area contributed by atoms with Crippen LogP contribution in [0.3, 0.4) is 0 Å². The number of anilines is 2. The van der Waals surface area contributed by atoms with Crippen LogP contribution in [0.5, 0.6) is 0 Å². The molecule has 99 valence electrons. The second kappa shape index (κ2) is 5.59. The number of thiol groups is 1. The van der Waals surface area contributed by atoms with E-state index in [0.717, 1.165) is 22.0 Å². The zero-order valence-corrected chi connectivity index (χ0v) is 11.4. The minimum Gasteiger partial charge on any atom is -0.239 e. The van der Waals surface area contributed by atoms with Gasteiger partial charge in [0.1, 0.15) is 5.82 Å². The van der Waals surface area contributed by atoms with Crippen LogP contribution >= 0.6 is 11.6 Å². The topological polar surface area (TPSA) is 37.4 Å². The number of halogens is 2. The molecule has 3 nitrogen and oxygen atoms in total. The van der Waals surface area contributed by atoms with E-state index < -0.39 is 16.7 Å². The van der Waals surface area contributed by atoms with Crippen LogP contribution in [0.4, 0.5) is 15.8 Å². The third-order valence-electron chi connectivity index (χ3n) is 2.48. The van der Waals surface area contributed by atoms with E-state index >= 15 is 0 Å². The lowest BCUT2D eigenvalue weighted by molar-refractivity contribution is 0.614. The lowest BCUT2D eigenvalue weighted by Crippen LogP contribution is -2.14. The van der Waals surface area contributed by atoms with Gasteiger partial charge in [-0.3, -0.25) is 0 Å². The van der Waals surface area contributed by atoms with Crippen molar-refractivity contribution in [2.24, 2.45) is 0 Å². The Balaban J connectivity index is 2.55. The molecule has 1 radical (unpaired) electrons. The number of benzene rings is 2. The minimum absolute atomic E-state index is 0.0258. The molecule has 0 unspecified atom stereocenters. The second-order valence-corrected chi connectivity index (χ2v) is 5.09. The lowest BCUT2D eigenvalue weighted by Gasteiger charge is -2.19. The summed E-state index contributed by atoms with van der Waals surface area (Å²) in [4.78, 5) is 0. The molecule has 0 aliphatic heterocycles. The summed E-state index contributed by atoms with van der Waals surface area (Å²) in [6, 6.07) is 10.1. The van der Waals surface area contributed by atoms with Gasteiger partial charge in [0, 0.05) is 0 Å². The maximum atomic E-state index is 13.0. The molecule has 6 heteroatoms. The van der Waals surface area contributed by atoms with Crippen molar-refractivity contribution in [1.29, 1.82) is 0 Å². The standard InChI is InChI=1S/C13H10ClFNO2S/c1-9-2-5-11(6-3-9)16(19(17)18)13-7-4-10(15)8-12(13)14/h2-8,19H,1H2. The first kappa shape index (κ1) is 13.8. The second-order valence-electron chi connectivity index (χ2n) is 3.81. The summed E-state index contributed by atoms with van der Waals surface area (Å²) in [5, 5.41) is 0.0258. The normalized spacial score (nSPS) is 10.7. The van der Waals surface area contributed by atoms with Gasteiger partial charge in [0.15, 0.2) is 0 Å². The SMILES string of the molecule is [CH2]c1ccc(N(c2ccc(F)cc2Cl)[SH](=O)=O)cc1. The van der Waals surface area contributed by atoms with Crippen molar-refractivity contribution in [1.82, 2.24) is 0 Å². The minimum atomic E-state index is -2.95. The lowest BCUT2D eigenvalue weighted by atomic mass is 10.2. The maximum Gasteiger partial charge on any atom is 0.229 e. The van der Waals surface area contributed by atoms with Crippen molar-refractivity contribution in [2.75, 3.05) is 4.31 Å². The van der Waals surface area contributed by atoms with E-state index in [9.17, 15) is 12.8 Å². The van der Waals surface area contributed by atoms with Gasteiger partial charge >= 0.3 is 0 Å². The molecule has 2 rings (SSSR count). The molecule has 0 atom stereocenters. The van der Waals surface area contributed by atoms with E-state index in [4.69, 9.17) is 11.6 Å². The summed E-state index contributed by atoms with van der Waals surface area (Å²) in [7, 11) is -2.95. The Hall–Kier alpha value is -1.59. The van der Waals surface area contributed by atoms with E-state index in [2.05, 4.69) is 6.92 Å². The highest BCUT2D eigenvalue weighted by Crippen LogP contribution is 2.32. The van der Waals surface area contributed by atoms with Gasteiger partial charge in [0.2, 0.25) is 10.9 Å². The summed E-state index contributed by atoms with van der Waals surface area (Å²) in [6.45, 7) is 3.72. The van der Waals surface area contributed by atoms with Gasteiger partial charge in [0.05, 0.1) is 16.4 Å². The van der Waals surface area contributed by atoms with Crippen LogP contribution in [0.25, 0.3) is 0 Å². The molecule has 0 heterocycles. The molecule has 2 aromatic carbocycles. The molecule has 0 bridgehead atoms. The fourth-order valence-electron chi connectivity index (χ4n) is 1.61. The van der Waals surface area contributed by atoms with Crippen LogP contribution in [-0.2, 0) is 10.9 Å². The van der Waals surface area contributed by atoms with Crippen molar-refractivity contribution < 1.29 is 12.8 Å². The van der Waals surface area contributed by atoms with E-state index in [-0.39, 0.29) is 10.7 Å². The Morgan fingerprint density at radius 2 is 1.74 bits per heavy atom. The number of nitrogens with zero attached hydrogens (tertiary/aromatic N) is 1. The highest BCUT2D eigenvalue weighted by Gasteiger charge is 2.15. The summed E-state index contributed by atoms with van der Waals surface area (Å²) < 4.78 is 36.9. The Labute approximate surface area is 117 Å². The molecule has 0 aromatic heterocycles. The fraction of sp³-hybridized carbons (Fsp3) is 0. The van der Waals surface area contributed by atoms with Crippen molar-refractivity contribution in [3.8, 4) is 0 Å². The van der Waals surface area contributed by atoms with Crippen LogP contribution in [0.1, 0.15) is 5.56 Å². The van der Waals surface area contributed by atoms with Crippen LogP contribution < -0.4 is 4.31 Å². The summed E-state index contributed by atoms with van der Waals surface area (Å²) in [5.41, 5.74) is 1.38. The van der Waals surface area contributed by atoms with E-state index in [1.54, 1.807) is 24.3 Å². The Morgan fingerprint density at radius 1 is 1.11 bits per heavy atom. The molecule has 19 heavy (non-hydrogen) atoms. The van der Waals surface area contributed by atoms with Gasteiger partial charge in [-0.2, -0.15) is 0 Å². The maximum absolute atomic E-state index is 13.0. The summed E-state index contributed by atoms with van der Waals surface area (Å²) in [5.74, 6) is -0.525. The van der Waals surface area contributed by atoms with Crippen LogP contribution in [0.2, 0.25) is 5.02 Å². The summed E-state index contributed by atoms with van der Waals surface area (Å²) >= 11 is 5.89. The predicted octanol–water partition coefficient (Wildman–Crippen LogP) is 3.33. The Kier molecular flexibility index (Phi) is 4.07. The van der Waals surface area contributed by atoms with Gasteiger partial charge in [-0.1, -0.05) is 23.7 Å². The fourth-order valence-corrected chi connectivity index (χ4v) is 2.59. The Bertz CT molecular complexity index is 663. The van der Waals surface area contributed by atoms with Crippen LogP contribution in [0.15, 0.2) is 42.5 Å². The molecule has 0 amide bonds. The highest BCUT2D eigenvalue weighted by atomic mass is 35.5. The quantitative estimate of drug-likeness (QED) is 0.883. The van der Waals surface area contributed by atoms with Crippen molar-refractivity contribution in [3.05, 3.63) is 65.8 Å². The first-order chi connectivity index (χ1) is 8.99. The van der Waals surface area contributed by atoms with Crippen molar-refractivity contribution in [3.63, 3.8) is 0 Å². The molecule has 0 fully saturated rings. The molecule has 0 saturated heterocycles. The van der Waals surface area contributed by atoms with Gasteiger partial charge in [-0.25, -0.2) is 17.1 Å². The average molecular weight is 299 g/mol. The van der Waals surface area contributed by atoms with Gasteiger partial charge in [-0.05, 0) is 42.8 Å². The Morgan fingerprint density at radius 3 is 2.26 bits per heavy atom. The van der Waals surface area contributed by atoms with E-state index in [1.165, 1.54) is 6.07 Å². The van der Waals surface area contributed by atoms with Crippen molar-refractivity contribution in [2.45, 2.75) is 0 Å². The molecule has 0 spiro atoms.